The molecule has 0 saturated carbocycles. The third-order valence-corrected chi connectivity index (χ3v) is 6.09. The van der Waals surface area contributed by atoms with E-state index in [2.05, 4.69) is 5.32 Å². The van der Waals surface area contributed by atoms with Crippen molar-refractivity contribution in [2.45, 2.75) is 47.0 Å². The fraction of sp³-hybridized carbons (Fsp3) is 0.462. The molecule has 0 fully saturated rings. The average molecular weight is 486 g/mol. The van der Waals surface area contributed by atoms with Gasteiger partial charge in [0.15, 0.2) is 17.3 Å². The molecule has 9 nitrogen and oxygen atoms in total. The van der Waals surface area contributed by atoms with Crippen LogP contribution < -0.4 is 14.8 Å². The molecule has 0 aromatic heterocycles. The highest BCUT2D eigenvalue weighted by molar-refractivity contribution is 6.12. The number of carbonyl (C=O) groups excluding carboxylic acids is 4. The lowest BCUT2D eigenvalue weighted by Crippen LogP contribution is -2.43. The van der Waals surface area contributed by atoms with Crippen molar-refractivity contribution in [2.75, 3.05) is 20.3 Å². The van der Waals surface area contributed by atoms with Gasteiger partial charge in [-0.25, -0.2) is 4.79 Å². The Morgan fingerprint density at radius 3 is 2.43 bits per heavy atom. The molecule has 188 valence electrons. The molecule has 3 rings (SSSR count). The molecule has 3 atom stereocenters. The molecule has 3 unspecified atom stereocenters. The molecule has 1 N–H and O–H groups in total. The number of Topliss-reactive ketones (excluding diaryl/α,β-unsaturated/α-hetero) is 1. The predicted octanol–water partition coefficient (Wildman–Crippen LogP) is 3.19. The van der Waals surface area contributed by atoms with Crippen LogP contribution in [0.5, 0.6) is 11.5 Å². The third kappa shape index (κ3) is 5.08. The molecule has 1 aromatic carbocycles. The van der Waals surface area contributed by atoms with Gasteiger partial charge in [0.25, 0.3) is 0 Å². The van der Waals surface area contributed by atoms with Crippen LogP contribution in [0.25, 0.3) is 0 Å². The van der Waals surface area contributed by atoms with E-state index in [-0.39, 0.29) is 23.8 Å². The number of nitrogens with one attached hydrogen (secondary N) is 1. The minimum atomic E-state index is -0.989. The molecule has 35 heavy (non-hydrogen) atoms. The largest absolute Gasteiger partial charge is 0.490 e. The molecule has 2 aliphatic rings. The van der Waals surface area contributed by atoms with Crippen LogP contribution in [-0.2, 0) is 28.7 Å². The Bertz CT molecular complexity index is 1120. The zero-order valence-corrected chi connectivity index (χ0v) is 20.9. The molecule has 0 bridgehead atoms. The quantitative estimate of drug-likeness (QED) is 0.353. The molecular weight excluding hydrogens is 454 g/mol. The van der Waals surface area contributed by atoms with Gasteiger partial charge in [-0.2, -0.15) is 0 Å². The minimum Gasteiger partial charge on any atom is -0.490 e. The normalized spacial score (nSPS) is 21.7. The van der Waals surface area contributed by atoms with Gasteiger partial charge < -0.3 is 24.3 Å². The number of allylic oxidation sites excluding steroid dienone is 3. The van der Waals surface area contributed by atoms with Gasteiger partial charge in [-0.15, -0.1) is 0 Å². The maximum absolute atomic E-state index is 13.7. The Kier molecular flexibility index (Phi) is 7.99. The minimum absolute atomic E-state index is 0.152. The van der Waals surface area contributed by atoms with Crippen LogP contribution in [0.1, 0.15) is 52.5 Å². The summed E-state index contributed by atoms with van der Waals surface area (Å²) >= 11 is 0. The Morgan fingerprint density at radius 2 is 1.83 bits per heavy atom. The molecule has 1 heterocycles. The number of ether oxygens (including phenoxy) is 4. The fourth-order valence-corrected chi connectivity index (χ4v) is 4.70. The van der Waals surface area contributed by atoms with Crippen LogP contribution in [0.3, 0.4) is 0 Å². The molecule has 0 amide bonds. The number of carbonyl (C=O) groups is 4. The van der Waals surface area contributed by atoms with E-state index in [1.165, 1.54) is 14.0 Å². The van der Waals surface area contributed by atoms with Gasteiger partial charge in [0, 0.05) is 29.8 Å². The lowest BCUT2D eigenvalue weighted by Gasteiger charge is -2.38. The molecule has 9 heteroatoms. The summed E-state index contributed by atoms with van der Waals surface area (Å²) in [6, 6.07) is 4.88. The zero-order chi connectivity index (χ0) is 25.9. The van der Waals surface area contributed by atoms with Gasteiger partial charge in [-0.3, -0.25) is 14.4 Å². The summed E-state index contributed by atoms with van der Waals surface area (Å²) in [5, 5.41) is 3.21. The van der Waals surface area contributed by atoms with Crippen LogP contribution >= 0.6 is 0 Å². The predicted molar refractivity (Wildman–Crippen MR) is 125 cm³/mol. The number of esters is 3. The van der Waals surface area contributed by atoms with Crippen LogP contribution in [0, 0.1) is 11.8 Å². The highest BCUT2D eigenvalue weighted by Crippen LogP contribution is 2.46. The molecule has 1 aromatic rings. The molecular formula is C26H31NO8. The first-order valence-corrected chi connectivity index (χ1v) is 11.6. The highest BCUT2D eigenvalue weighted by Gasteiger charge is 2.47. The van der Waals surface area contributed by atoms with E-state index in [0.29, 0.717) is 41.3 Å². The number of hydrogen-bond donors (Lipinski definition) is 1. The highest BCUT2D eigenvalue weighted by atomic mass is 16.6. The van der Waals surface area contributed by atoms with Crippen molar-refractivity contribution >= 4 is 23.7 Å². The number of rotatable bonds is 7. The lowest BCUT2D eigenvalue weighted by molar-refractivity contribution is -0.151. The van der Waals surface area contributed by atoms with Crippen molar-refractivity contribution in [1.82, 2.24) is 5.32 Å². The van der Waals surface area contributed by atoms with E-state index in [9.17, 15) is 19.2 Å². The number of dihydropyridines is 1. The van der Waals surface area contributed by atoms with Crippen molar-refractivity contribution in [2.24, 2.45) is 11.8 Å². The zero-order valence-electron chi connectivity index (χ0n) is 20.9. The maximum atomic E-state index is 13.7. The van der Waals surface area contributed by atoms with E-state index in [1.807, 2.05) is 6.92 Å². The fourth-order valence-electron chi connectivity index (χ4n) is 4.70. The second-order valence-corrected chi connectivity index (χ2v) is 8.49. The summed E-state index contributed by atoms with van der Waals surface area (Å²) in [6.07, 6.45) is 0.425. The first kappa shape index (κ1) is 26.0. The summed E-state index contributed by atoms with van der Waals surface area (Å²) in [4.78, 5) is 50.9. The number of methoxy groups -OCH3 is 1. The Labute approximate surface area is 204 Å². The smallest absolute Gasteiger partial charge is 0.336 e. The summed E-state index contributed by atoms with van der Waals surface area (Å²) in [7, 11) is 1.25. The molecule has 0 saturated heterocycles. The van der Waals surface area contributed by atoms with Crippen LogP contribution in [0.2, 0.25) is 0 Å². The lowest BCUT2D eigenvalue weighted by atomic mass is 9.69. The second-order valence-electron chi connectivity index (χ2n) is 8.49. The average Bonchev–Trinajstić information content (AvgIpc) is 2.79. The monoisotopic (exact) mass is 485 g/mol. The standard InChI is InChI=1S/C26H31NO8/c1-7-33-19-12-16(9-10-18(19)35-15(5)28)22-21(26(31)34-8-2)14(4)27-17-11-13(3)20(25(30)32-6)24(29)23(17)22/h9-10,12-13,20,22,27H,7-8,11H2,1-6H3. The van der Waals surface area contributed by atoms with Crippen LogP contribution in [0.4, 0.5) is 0 Å². The number of benzene rings is 1. The first-order chi connectivity index (χ1) is 16.6. The molecule has 1 aliphatic carbocycles. The van der Waals surface area contributed by atoms with Gasteiger partial charge in [0.1, 0.15) is 5.92 Å². The van der Waals surface area contributed by atoms with E-state index in [4.69, 9.17) is 18.9 Å². The Balaban J connectivity index is 2.22. The molecule has 1 aliphatic heterocycles. The number of hydrogen-bond acceptors (Lipinski definition) is 9. The summed E-state index contributed by atoms with van der Waals surface area (Å²) in [5.41, 5.74) is 2.35. The molecule has 0 radical (unpaired) electrons. The van der Waals surface area contributed by atoms with Gasteiger partial charge in [0.05, 0.1) is 25.9 Å². The van der Waals surface area contributed by atoms with Gasteiger partial charge in [-0.1, -0.05) is 13.0 Å². The van der Waals surface area contributed by atoms with E-state index >= 15 is 0 Å². The van der Waals surface area contributed by atoms with Gasteiger partial charge in [0.2, 0.25) is 0 Å². The Hall–Kier alpha value is -3.62. The summed E-state index contributed by atoms with van der Waals surface area (Å²) in [6.45, 7) is 8.80. The summed E-state index contributed by atoms with van der Waals surface area (Å²) in [5.74, 6) is -3.67. The van der Waals surface area contributed by atoms with Crippen molar-refractivity contribution in [3.05, 3.63) is 46.3 Å². The van der Waals surface area contributed by atoms with E-state index in [1.54, 1.807) is 39.0 Å². The second kappa shape index (κ2) is 10.8. The SMILES string of the molecule is CCOC(=O)C1=C(C)NC2=C(C(=O)C(C(=O)OC)C(C)C2)C1c1ccc(OC(C)=O)c(OCC)c1. The van der Waals surface area contributed by atoms with Crippen molar-refractivity contribution in [1.29, 1.82) is 0 Å². The van der Waals surface area contributed by atoms with Gasteiger partial charge >= 0.3 is 17.9 Å². The van der Waals surface area contributed by atoms with E-state index < -0.39 is 35.5 Å². The number of ketones is 1. The first-order valence-electron chi connectivity index (χ1n) is 11.6. The molecule has 0 spiro atoms. The van der Waals surface area contributed by atoms with E-state index in [0.717, 1.165) is 0 Å². The van der Waals surface area contributed by atoms with Crippen molar-refractivity contribution in [3.63, 3.8) is 0 Å². The maximum Gasteiger partial charge on any atom is 0.336 e. The topological polar surface area (TPSA) is 117 Å². The summed E-state index contributed by atoms with van der Waals surface area (Å²) < 4.78 is 21.2. The van der Waals surface area contributed by atoms with Crippen LogP contribution in [-0.4, -0.2) is 44.0 Å². The van der Waals surface area contributed by atoms with Gasteiger partial charge in [-0.05, 0) is 50.8 Å². The van der Waals surface area contributed by atoms with Crippen molar-refractivity contribution in [3.8, 4) is 11.5 Å². The van der Waals surface area contributed by atoms with Crippen molar-refractivity contribution < 1.29 is 38.1 Å². The Morgan fingerprint density at radius 1 is 1.11 bits per heavy atom. The third-order valence-electron chi connectivity index (χ3n) is 6.09. The van der Waals surface area contributed by atoms with Crippen LogP contribution in [0.15, 0.2) is 40.7 Å².